The molecule has 0 radical (unpaired) electrons. The molecule has 1 aromatic carbocycles. The van der Waals surface area contributed by atoms with Gasteiger partial charge in [-0.3, -0.25) is 10.1 Å². The molecule has 8 heteroatoms. The number of hydrogen-bond acceptors (Lipinski definition) is 4. The van der Waals surface area contributed by atoms with Gasteiger partial charge in [0, 0.05) is 12.6 Å². The van der Waals surface area contributed by atoms with Crippen LogP contribution in [0.1, 0.15) is 6.42 Å². The minimum absolute atomic E-state index is 0. The first-order valence-electron chi connectivity index (χ1n) is 6.47. The molecule has 1 unspecified atom stereocenters. The lowest BCUT2D eigenvalue weighted by molar-refractivity contribution is -0.118. The predicted molar refractivity (Wildman–Crippen MR) is 84.8 cm³/mol. The van der Waals surface area contributed by atoms with E-state index in [4.69, 9.17) is 0 Å². The summed E-state index contributed by atoms with van der Waals surface area (Å²) in [5.74, 6) is -3.29. The fourth-order valence-electron chi connectivity index (χ4n) is 2.16. The quantitative estimate of drug-likeness (QED) is 0.898. The van der Waals surface area contributed by atoms with Gasteiger partial charge in [0.2, 0.25) is 5.91 Å². The smallest absolute Gasteiger partial charge is 0.262 e. The van der Waals surface area contributed by atoms with Gasteiger partial charge in [-0.1, -0.05) is 41.7 Å². The molecule has 0 spiro atoms. The molecule has 1 aliphatic rings. The van der Waals surface area contributed by atoms with Crippen molar-refractivity contribution in [2.45, 2.75) is 18.4 Å². The van der Waals surface area contributed by atoms with Crippen LogP contribution in [0.2, 0.25) is 0 Å². The van der Waals surface area contributed by atoms with Crippen LogP contribution < -0.4 is 10.6 Å². The second-order valence-electron chi connectivity index (χ2n) is 4.88. The van der Waals surface area contributed by atoms with Gasteiger partial charge in [-0.2, -0.15) is 0 Å². The maximum Gasteiger partial charge on any atom is 0.262 e. The fourth-order valence-corrected chi connectivity index (χ4v) is 2.99. The monoisotopic (exact) mass is 345 g/mol. The molecule has 1 saturated heterocycles. The highest BCUT2D eigenvalue weighted by Crippen LogP contribution is 2.30. The van der Waals surface area contributed by atoms with Crippen LogP contribution in [-0.4, -0.2) is 29.4 Å². The molecule has 1 aliphatic heterocycles. The van der Waals surface area contributed by atoms with E-state index >= 15 is 0 Å². The van der Waals surface area contributed by atoms with Crippen LogP contribution >= 0.6 is 23.7 Å². The number of aromatic nitrogens is 1. The molecule has 0 bridgehead atoms. The fraction of sp³-hybridized carbons (Fsp3) is 0.286. The van der Waals surface area contributed by atoms with Crippen molar-refractivity contribution in [1.29, 1.82) is 0 Å². The number of thiazole rings is 1. The van der Waals surface area contributed by atoms with Gasteiger partial charge in [0.25, 0.3) is 5.92 Å². The molecule has 2 heterocycles. The Morgan fingerprint density at radius 1 is 1.36 bits per heavy atom. The van der Waals surface area contributed by atoms with E-state index in [1.165, 1.54) is 11.3 Å². The first-order chi connectivity index (χ1) is 10.0. The van der Waals surface area contributed by atoms with Crippen molar-refractivity contribution in [2.24, 2.45) is 0 Å². The van der Waals surface area contributed by atoms with E-state index in [1.807, 2.05) is 30.3 Å². The van der Waals surface area contributed by atoms with Gasteiger partial charge < -0.3 is 5.32 Å². The Balaban J connectivity index is 0.00000176. The van der Waals surface area contributed by atoms with Gasteiger partial charge in [-0.15, -0.1) is 12.4 Å². The second kappa shape index (κ2) is 6.68. The average Bonchev–Trinajstić information content (AvgIpc) is 3.06. The van der Waals surface area contributed by atoms with Crippen molar-refractivity contribution in [3.63, 3.8) is 0 Å². The van der Waals surface area contributed by atoms with Crippen LogP contribution in [0.25, 0.3) is 10.4 Å². The lowest BCUT2D eigenvalue weighted by atomic mass is 10.2. The minimum atomic E-state index is -2.82. The Bertz CT molecular complexity index is 651. The van der Waals surface area contributed by atoms with Crippen LogP contribution in [0.3, 0.4) is 0 Å². The number of nitrogens with one attached hydrogen (secondary N) is 2. The van der Waals surface area contributed by atoms with Crippen molar-refractivity contribution in [3.8, 4) is 10.4 Å². The van der Waals surface area contributed by atoms with E-state index in [2.05, 4.69) is 15.6 Å². The molecule has 22 heavy (non-hydrogen) atoms. The Labute approximate surface area is 136 Å². The van der Waals surface area contributed by atoms with Gasteiger partial charge in [0.1, 0.15) is 0 Å². The van der Waals surface area contributed by atoms with E-state index in [1.54, 1.807) is 6.20 Å². The van der Waals surface area contributed by atoms with E-state index in [-0.39, 0.29) is 12.4 Å². The summed E-state index contributed by atoms with van der Waals surface area (Å²) >= 11 is 1.31. The number of hydrogen-bond donors (Lipinski definition) is 2. The number of halogens is 3. The number of rotatable bonds is 3. The molecule has 1 fully saturated rings. The standard InChI is InChI=1S/C14H13F2N3OS.ClH/c15-14(16)6-10(18-8-14)12(20)19-13-17-7-11(21-13)9-4-2-1-3-5-9;/h1-5,7,10,18H,6,8H2,(H,17,19,20);1H. The summed E-state index contributed by atoms with van der Waals surface area (Å²) < 4.78 is 26.1. The summed E-state index contributed by atoms with van der Waals surface area (Å²) in [4.78, 5) is 16.9. The maximum atomic E-state index is 13.1. The normalized spacial score (nSPS) is 19.5. The van der Waals surface area contributed by atoms with Crippen LogP contribution in [0.5, 0.6) is 0 Å². The average molecular weight is 346 g/mol. The second-order valence-corrected chi connectivity index (χ2v) is 5.91. The van der Waals surface area contributed by atoms with Crippen LogP contribution in [0.15, 0.2) is 36.5 Å². The summed E-state index contributed by atoms with van der Waals surface area (Å²) in [5.41, 5.74) is 1.00. The Morgan fingerprint density at radius 2 is 2.09 bits per heavy atom. The number of nitrogens with zero attached hydrogens (tertiary/aromatic N) is 1. The number of benzene rings is 1. The molecule has 118 valence electrons. The van der Waals surface area contributed by atoms with Gasteiger partial charge in [-0.25, -0.2) is 13.8 Å². The zero-order valence-corrected chi connectivity index (χ0v) is 13.0. The summed E-state index contributed by atoms with van der Waals surface area (Å²) in [7, 11) is 0. The Morgan fingerprint density at radius 3 is 2.73 bits per heavy atom. The number of alkyl halides is 2. The predicted octanol–water partition coefficient (Wildman–Crippen LogP) is 3.17. The molecule has 0 aliphatic carbocycles. The SMILES string of the molecule is Cl.O=C(Nc1ncc(-c2ccccc2)s1)C1CC(F)(F)CN1. The van der Waals surface area contributed by atoms with Gasteiger partial charge >= 0.3 is 0 Å². The van der Waals surface area contributed by atoms with E-state index in [9.17, 15) is 13.6 Å². The Hall–Kier alpha value is -1.57. The van der Waals surface area contributed by atoms with Crippen LogP contribution in [0, 0.1) is 0 Å². The third-order valence-corrected chi connectivity index (χ3v) is 4.18. The summed E-state index contributed by atoms with van der Waals surface area (Å²) in [6.07, 6.45) is 1.18. The summed E-state index contributed by atoms with van der Waals surface area (Å²) in [5, 5.41) is 5.52. The lowest BCUT2D eigenvalue weighted by Gasteiger charge is -2.08. The van der Waals surface area contributed by atoms with Crippen molar-refractivity contribution in [1.82, 2.24) is 10.3 Å². The van der Waals surface area contributed by atoms with Gasteiger partial charge in [0.15, 0.2) is 5.13 Å². The molecule has 4 nitrogen and oxygen atoms in total. The van der Waals surface area contributed by atoms with Gasteiger partial charge in [0.05, 0.1) is 17.5 Å². The zero-order valence-electron chi connectivity index (χ0n) is 11.4. The van der Waals surface area contributed by atoms with Crippen LogP contribution in [-0.2, 0) is 4.79 Å². The zero-order chi connectivity index (χ0) is 14.9. The summed E-state index contributed by atoms with van der Waals surface area (Å²) in [6.45, 7) is -0.460. The third-order valence-electron chi connectivity index (χ3n) is 3.22. The highest BCUT2D eigenvalue weighted by Gasteiger charge is 2.42. The molecule has 1 amide bonds. The molecule has 1 atom stereocenters. The van der Waals surface area contributed by atoms with Crippen LogP contribution in [0.4, 0.5) is 13.9 Å². The molecule has 1 aromatic heterocycles. The molecular formula is C14H14ClF2N3OS. The minimum Gasteiger partial charge on any atom is -0.301 e. The van der Waals surface area contributed by atoms with E-state index < -0.39 is 30.8 Å². The molecule has 2 aromatic rings. The Kier molecular flexibility index (Phi) is 5.10. The molecule has 0 saturated carbocycles. The molecule has 3 rings (SSSR count). The summed E-state index contributed by atoms with van der Waals surface area (Å²) in [6, 6.07) is 8.76. The van der Waals surface area contributed by atoms with Crippen molar-refractivity contribution in [3.05, 3.63) is 36.5 Å². The number of amides is 1. The highest BCUT2D eigenvalue weighted by atomic mass is 35.5. The number of carbonyl (C=O) groups is 1. The number of anilines is 1. The maximum absolute atomic E-state index is 13.1. The van der Waals surface area contributed by atoms with Crippen molar-refractivity contribution < 1.29 is 13.6 Å². The van der Waals surface area contributed by atoms with E-state index in [0.29, 0.717) is 5.13 Å². The molecular weight excluding hydrogens is 332 g/mol. The molecule has 2 N–H and O–H groups in total. The number of carbonyl (C=O) groups excluding carboxylic acids is 1. The van der Waals surface area contributed by atoms with E-state index in [0.717, 1.165) is 10.4 Å². The van der Waals surface area contributed by atoms with Gasteiger partial charge in [-0.05, 0) is 5.56 Å². The largest absolute Gasteiger partial charge is 0.301 e. The first-order valence-corrected chi connectivity index (χ1v) is 7.28. The third kappa shape index (κ3) is 3.79. The first kappa shape index (κ1) is 16.8. The lowest BCUT2D eigenvalue weighted by Crippen LogP contribution is -2.35. The topological polar surface area (TPSA) is 54.0 Å². The van der Waals surface area contributed by atoms with Crippen molar-refractivity contribution >= 4 is 34.8 Å². The van der Waals surface area contributed by atoms with Crippen molar-refractivity contribution in [2.75, 3.05) is 11.9 Å². The highest BCUT2D eigenvalue weighted by molar-refractivity contribution is 7.19.